The predicted molar refractivity (Wildman–Crippen MR) is 228 cm³/mol. The van der Waals surface area contributed by atoms with E-state index in [1.54, 1.807) is 42.5 Å². The molecular formula is C47H49N5O6S. The van der Waals surface area contributed by atoms with Crippen molar-refractivity contribution in [1.82, 2.24) is 20.9 Å². The smallest absolute Gasteiger partial charge is 0.226 e. The molecule has 6 bridgehead atoms. The molecule has 8 rings (SSSR count). The summed E-state index contributed by atoms with van der Waals surface area (Å²) in [6, 6.07) is 36.3. The molecule has 0 radical (unpaired) electrons. The van der Waals surface area contributed by atoms with E-state index in [4.69, 9.17) is 5.73 Å². The lowest BCUT2D eigenvalue weighted by Crippen LogP contribution is -2.35. The van der Waals surface area contributed by atoms with Gasteiger partial charge in [-0.15, -0.1) is 0 Å². The zero-order valence-corrected chi connectivity index (χ0v) is 33.7. The molecule has 0 aliphatic carbocycles. The Hall–Kier alpha value is -6.40. The van der Waals surface area contributed by atoms with E-state index in [9.17, 15) is 27.6 Å². The third-order valence-corrected chi connectivity index (χ3v) is 12.0. The van der Waals surface area contributed by atoms with E-state index in [1.165, 1.54) is 0 Å². The number of benzene rings is 4. The van der Waals surface area contributed by atoms with Crippen LogP contribution in [0.5, 0.6) is 0 Å². The van der Waals surface area contributed by atoms with Gasteiger partial charge in [0.05, 0.1) is 24.3 Å². The van der Waals surface area contributed by atoms with Crippen molar-refractivity contribution >= 4 is 39.0 Å². The fraction of sp³-hybridized carbons (Fsp3) is 0.255. The lowest BCUT2D eigenvalue weighted by molar-refractivity contribution is -0.130. The second kappa shape index (κ2) is 19.8. The Morgan fingerprint density at radius 1 is 0.678 bits per heavy atom. The Kier molecular flexibility index (Phi) is 14.2. The van der Waals surface area contributed by atoms with Crippen LogP contribution in [0.4, 0.5) is 0 Å². The molecule has 0 saturated heterocycles. The zero-order chi connectivity index (χ0) is 41.8. The summed E-state index contributed by atoms with van der Waals surface area (Å²) in [5.41, 5.74) is 12.8. The highest BCUT2D eigenvalue weighted by atomic mass is 32.2. The minimum Gasteiger partial charge on any atom is -0.399 e. The lowest BCUT2D eigenvalue weighted by Gasteiger charge is -2.21. The fourth-order valence-electron chi connectivity index (χ4n) is 7.03. The number of nitrogens with zero attached hydrogens (tertiary/aromatic N) is 1. The maximum absolute atomic E-state index is 14.4. The van der Waals surface area contributed by atoms with E-state index in [2.05, 4.69) is 27.5 Å². The van der Waals surface area contributed by atoms with E-state index in [0.29, 0.717) is 22.6 Å². The summed E-state index contributed by atoms with van der Waals surface area (Å²) in [4.78, 5) is 58.6. The number of rotatable bonds is 8. The van der Waals surface area contributed by atoms with Crippen LogP contribution in [0, 0.1) is 11.8 Å². The van der Waals surface area contributed by atoms with Gasteiger partial charge in [0.25, 0.3) is 0 Å². The molecule has 3 aliphatic rings. The third-order valence-electron chi connectivity index (χ3n) is 10.3. The number of pyridine rings is 1. The van der Waals surface area contributed by atoms with Crippen molar-refractivity contribution in [2.24, 2.45) is 17.6 Å². The normalized spacial score (nSPS) is 16.9. The fourth-order valence-corrected chi connectivity index (χ4v) is 8.77. The van der Waals surface area contributed by atoms with E-state index in [-0.39, 0.29) is 86.7 Å². The third kappa shape index (κ3) is 13.1. The van der Waals surface area contributed by atoms with E-state index in [1.807, 2.05) is 78.9 Å². The Morgan fingerprint density at radius 2 is 1.22 bits per heavy atom. The van der Waals surface area contributed by atoms with Gasteiger partial charge >= 0.3 is 0 Å². The average Bonchev–Trinajstić information content (AvgIpc) is 3.22. The Balaban J connectivity index is 1.28. The number of carbonyl (C=O) groups excluding carboxylic acids is 4. The molecule has 0 unspecified atom stereocenters. The van der Waals surface area contributed by atoms with Crippen LogP contribution in [0.25, 0.3) is 5.70 Å². The molecular weight excluding hydrogens is 763 g/mol. The second-order valence-electron chi connectivity index (χ2n) is 15.1. The summed E-state index contributed by atoms with van der Waals surface area (Å²) < 4.78 is 27.4. The highest BCUT2D eigenvalue weighted by Crippen LogP contribution is 2.23. The minimum atomic E-state index is -3.75. The van der Waals surface area contributed by atoms with E-state index < -0.39 is 21.7 Å². The van der Waals surface area contributed by atoms with Gasteiger partial charge in [-0.25, -0.2) is 8.42 Å². The molecule has 304 valence electrons. The van der Waals surface area contributed by atoms with E-state index in [0.717, 1.165) is 33.4 Å². The van der Waals surface area contributed by atoms with Gasteiger partial charge in [-0.1, -0.05) is 116 Å². The van der Waals surface area contributed by atoms with Crippen LogP contribution in [0.2, 0.25) is 0 Å². The average molecular weight is 812 g/mol. The highest BCUT2D eigenvalue weighted by molar-refractivity contribution is 7.90. The molecule has 12 heteroatoms. The quantitative estimate of drug-likeness (QED) is 0.170. The van der Waals surface area contributed by atoms with Gasteiger partial charge in [0.15, 0.2) is 9.84 Å². The first-order valence-corrected chi connectivity index (χ1v) is 21.4. The summed E-state index contributed by atoms with van der Waals surface area (Å²) >= 11 is 0. The van der Waals surface area contributed by atoms with Crippen LogP contribution < -0.4 is 21.7 Å². The largest absolute Gasteiger partial charge is 0.399 e. The number of aromatic nitrogens is 1. The van der Waals surface area contributed by atoms with Gasteiger partial charge in [-0.2, -0.15) is 0 Å². The van der Waals surface area contributed by atoms with Crippen LogP contribution in [0.1, 0.15) is 56.8 Å². The van der Waals surface area contributed by atoms with E-state index >= 15 is 0 Å². The summed E-state index contributed by atoms with van der Waals surface area (Å²) in [7, 11) is -3.75. The van der Waals surface area contributed by atoms with Gasteiger partial charge in [-0.05, 0) is 63.9 Å². The number of nitrogens with two attached hydrogens (primary N) is 1. The molecule has 1 aromatic heterocycles. The molecule has 4 aromatic carbocycles. The van der Waals surface area contributed by atoms with Gasteiger partial charge < -0.3 is 21.7 Å². The molecule has 2 atom stereocenters. The number of hydrogen-bond donors (Lipinski definition) is 4. The van der Waals surface area contributed by atoms with Crippen molar-refractivity contribution in [1.29, 1.82) is 0 Å². The molecule has 5 aromatic rings. The van der Waals surface area contributed by atoms with Crippen LogP contribution in [0.3, 0.4) is 0 Å². The standard InChI is InChI=1S/C47H49N5O6S/c1-32(48)39-20-18-37(19-21-39)29-51-47(56)40-22-33-10-14-35(15-11-33)27-49-45(54)25-42-8-5-9-43(52-42)26-46(55)50-28-36-16-12-34(13-17-36)23-41(44(53)24-40)31-59(57,58)30-38-6-3-2-4-7-38/h2-21,40-41H,1,22-31,48H2,(H,49,54)(H,50,55)(H,51,56)/t40-,41+/m1/s1. The molecule has 0 spiro atoms. The van der Waals surface area contributed by atoms with Crippen molar-refractivity contribution in [3.8, 4) is 0 Å². The molecule has 3 amide bonds. The first-order chi connectivity index (χ1) is 28.4. The molecule has 3 aliphatic heterocycles. The first-order valence-electron chi connectivity index (χ1n) is 19.6. The molecule has 0 saturated carbocycles. The van der Waals surface area contributed by atoms with Crippen molar-refractivity contribution in [3.63, 3.8) is 0 Å². The molecule has 11 nitrogen and oxygen atoms in total. The van der Waals surface area contributed by atoms with Crippen molar-refractivity contribution in [2.45, 2.75) is 57.5 Å². The Bertz CT molecular complexity index is 2380. The first kappa shape index (κ1) is 42.2. The number of nitrogens with one attached hydrogen (secondary N) is 3. The Morgan fingerprint density at radius 3 is 1.78 bits per heavy atom. The number of Topliss-reactive ketones (excluding diaryl/α,β-unsaturated/α-hetero) is 1. The Labute approximate surface area is 345 Å². The number of carbonyl (C=O) groups is 4. The maximum Gasteiger partial charge on any atom is 0.226 e. The number of amides is 3. The molecule has 0 fully saturated rings. The van der Waals surface area contributed by atoms with Gasteiger partial charge in [0.2, 0.25) is 17.7 Å². The van der Waals surface area contributed by atoms with Crippen LogP contribution in [-0.4, -0.2) is 42.7 Å². The summed E-state index contributed by atoms with van der Waals surface area (Å²) in [6.07, 6.45) is 0.279. The summed E-state index contributed by atoms with van der Waals surface area (Å²) in [5, 5.41) is 8.81. The lowest BCUT2D eigenvalue weighted by atomic mass is 9.87. The molecule has 5 N–H and O–H groups in total. The molecule has 4 heterocycles. The zero-order valence-electron chi connectivity index (χ0n) is 32.9. The number of fused-ring (bicyclic) bond motifs is 2. The van der Waals surface area contributed by atoms with Crippen LogP contribution in [-0.2, 0) is 80.1 Å². The van der Waals surface area contributed by atoms with Gasteiger partial charge in [0, 0.05) is 55.0 Å². The van der Waals surface area contributed by atoms with Gasteiger partial charge in [0.1, 0.15) is 5.78 Å². The number of sulfone groups is 1. The monoisotopic (exact) mass is 811 g/mol. The van der Waals surface area contributed by atoms with Crippen LogP contribution >= 0.6 is 0 Å². The topological polar surface area (TPSA) is 177 Å². The number of hydrogen-bond acceptors (Lipinski definition) is 8. The van der Waals surface area contributed by atoms with Crippen LogP contribution in [0.15, 0.2) is 128 Å². The summed E-state index contributed by atoms with van der Waals surface area (Å²) in [6.45, 7) is 4.48. The maximum atomic E-state index is 14.4. The SMILES string of the molecule is C=C(N)c1ccc(CNC(=O)[C@H]2CC(=O)[C@H](CS(=O)(=O)Cc3ccccc3)Cc3ccc(cc3)CNC(=O)Cc3cccc(n3)CC(=O)NCc3ccc(cc3)C2)cc1. The second-order valence-corrected chi connectivity index (χ2v) is 17.2. The predicted octanol–water partition coefficient (Wildman–Crippen LogP) is 4.95. The highest BCUT2D eigenvalue weighted by Gasteiger charge is 2.31. The van der Waals surface area contributed by atoms with Gasteiger partial charge in [-0.3, -0.25) is 24.2 Å². The van der Waals surface area contributed by atoms with Crippen molar-refractivity contribution < 1.29 is 27.6 Å². The minimum absolute atomic E-state index is 0.0402. The number of ketones is 1. The van der Waals surface area contributed by atoms with Crippen molar-refractivity contribution in [2.75, 3.05) is 5.75 Å². The van der Waals surface area contributed by atoms with Crippen molar-refractivity contribution in [3.05, 3.63) is 178 Å². The summed E-state index contributed by atoms with van der Waals surface area (Å²) in [5.74, 6) is -3.47. The molecule has 59 heavy (non-hydrogen) atoms.